The highest BCUT2D eigenvalue weighted by atomic mass is 32.1. The van der Waals surface area contributed by atoms with Crippen LogP contribution in [0.15, 0.2) is 24.3 Å². The molecular formula is C14H14FNO2S. The van der Waals surface area contributed by atoms with E-state index in [2.05, 4.69) is 0 Å². The number of benzene rings is 1. The number of aliphatic hydroxyl groups excluding tert-OH is 1. The molecule has 1 atom stereocenters. The molecule has 1 aromatic heterocycles. The fraction of sp³-hybridized carbons (Fsp3) is 0.357. The number of hydrogen-bond donors (Lipinski definition) is 1. The van der Waals surface area contributed by atoms with Crippen molar-refractivity contribution in [3.05, 3.63) is 35.0 Å². The van der Waals surface area contributed by atoms with Crippen LogP contribution in [0.25, 0.3) is 10.1 Å². The van der Waals surface area contributed by atoms with E-state index in [0.717, 1.165) is 22.9 Å². The summed E-state index contributed by atoms with van der Waals surface area (Å²) in [6, 6.07) is 6.26. The number of rotatable bonds is 2. The van der Waals surface area contributed by atoms with Gasteiger partial charge in [0, 0.05) is 11.2 Å². The van der Waals surface area contributed by atoms with Crippen molar-refractivity contribution in [2.45, 2.75) is 18.9 Å². The molecule has 1 fully saturated rings. The minimum Gasteiger partial charge on any atom is -0.394 e. The van der Waals surface area contributed by atoms with Crippen LogP contribution in [0.5, 0.6) is 0 Å². The van der Waals surface area contributed by atoms with E-state index in [0.29, 0.717) is 11.4 Å². The molecule has 2 heterocycles. The first kappa shape index (κ1) is 12.6. The van der Waals surface area contributed by atoms with Crippen molar-refractivity contribution in [2.24, 2.45) is 0 Å². The van der Waals surface area contributed by atoms with E-state index in [1.807, 2.05) is 0 Å². The molecule has 2 aromatic rings. The van der Waals surface area contributed by atoms with Crippen LogP contribution < -0.4 is 0 Å². The van der Waals surface area contributed by atoms with Crippen molar-refractivity contribution in [3.63, 3.8) is 0 Å². The number of thiophene rings is 1. The molecule has 1 amide bonds. The normalized spacial score (nSPS) is 19.3. The number of hydrogen-bond acceptors (Lipinski definition) is 3. The third kappa shape index (κ3) is 2.24. The Hall–Kier alpha value is -1.46. The van der Waals surface area contributed by atoms with Gasteiger partial charge in [0.25, 0.3) is 5.91 Å². The van der Waals surface area contributed by atoms with Gasteiger partial charge in [-0.2, -0.15) is 0 Å². The van der Waals surface area contributed by atoms with Gasteiger partial charge in [0.2, 0.25) is 0 Å². The first-order valence-electron chi connectivity index (χ1n) is 6.30. The summed E-state index contributed by atoms with van der Waals surface area (Å²) in [5.41, 5.74) is 0. The molecule has 19 heavy (non-hydrogen) atoms. The Bertz CT molecular complexity index is 625. The maximum Gasteiger partial charge on any atom is 0.264 e. The predicted octanol–water partition coefficient (Wildman–Crippen LogP) is 2.64. The summed E-state index contributed by atoms with van der Waals surface area (Å²) in [6.45, 7) is 0.692. The topological polar surface area (TPSA) is 40.5 Å². The summed E-state index contributed by atoms with van der Waals surface area (Å²) in [6.07, 6.45) is 1.78. The maximum atomic E-state index is 13.1. The van der Waals surface area contributed by atoms with Gasteiger partial charge in [-0.25, -0.2) is 4.39 Å². The Kier molecular flexibility index (Phi) is 3.24. The Morgan fingerprint density at radius 1 is 1.47 bits per heavy atom. The molecule has 5 heteroatoms. The second-order valence-corrected chi connectivity index (χ2v) is 5.85. The van der Waals surface area contributed by atoms with Gasteiger partial charge in [-0.05, 0) is 36.4 Å². The zero-order chi connectivity index (χ0) is 13.4. The van der Waals surface area contributed by atoms with Crippen molar-refractivity contribution in [1.29, 1.82) is 0 Å². The molecule has 1 aromatic carbocycles. The van der Waals surface area contributed by atoms with Gasteiger partial charge in [0.1, 0.15) is 5.82 Å². The molecule has 0 saturated carbocycles. The number of halogens is 1. The number of nitrogens with zero attached hydrogens (tertiary/aromatic N) is 1. The molecule has 0 spiro atoms. The molecule has 1 N–H and O–H groups in total. The fourth-order valence-electron chi connectivity index (χ4n) is 2.54. The van der Waals surface area contributed by atoms with Crippen LogP contribution in [0, 0.1) is 5.82 Å². The number of carbonyl (C=O) groups is 1. The Morgan fingerprint density at radius 3 is 3.11 bits per heavy atom. The van der Waals surface area contributed by atoms with Crippen LogP contribution >= 0.6 is 11.3 Å². The van der Waals surface area contributed by atoms with Gasteiger partial charge in [-0.1, -0.05) is 6.07 Å². The van der Waals surface area contributed by atoms with Crippen LogP contribution in [0.4, 0.5) is 4.39 Å². The number of aliphatic hydroxyl groups is 1. The molecule has 1 aliphatic rings. The Balaban J connectivity index is 1.93. The van der Waals surface area contributed by atoms with Crippen LogP contribution in [-0.2, 0) is 0 Å². The van der Waals surface area contributed by atoms with E-state index in [4.69, 9.17) is 0 Å². The molecule has 1 aliphatic heterocycles. The van der Waals surface area contributed by atoms with Gasteiger partial charge in [0.05, 0.1) is 17.5 Å². The highest BCUT2D eigenvalue weighted by Gasteiger charge is 2.29. The molecule has 3 nitrogen and oxygen atoms in total. The molecule has 1 saturated heterocycles. The number of carbonyl (C=O) groups excluding carboxylic acids is 1. The first-order valence-corrected chi connectivity index (χ1v) is 7.11. The third-order valence-electron chi connectivity index (χ3n) is 3.54. The van der Waals surface area contributed by atoms with Crippen molar-refractivity contribution in [2.75, 3.05) is 13.2 Å². The van der Waals surface area contributed by atoms with E-state index in [9.17, 15) is 14.3 Å². The lowest BCUT2D eigenvalue weighted by Gasteiger charge is -2.22. The van der Waals surface area contributed by atoms with Gasteiger partial charge in [0.15, 0.2) is 0 Å². The molecule has 0 radical (unpaired) electrons. The van der Waals surface area contributed by atoms with Crippen molar-refractivity contribution in [1.82, 2.24) is 4.90 Å². The smallest absolute Gasteiger partial charge is 0.264 e. The summed E-state index contributed by atoms with van der Waals surface area (Å²) in [5, 5.41) is 10.2. The van der Waals surface area contributed by atoms with E-state index in [1.54, 1.807) is 17.0 Å². The summed E-state index contributed by atoms with van der Waals surface area (Å²) >= 11 is 1.31. The van der Waals surface area contributed by atoms with E-state index in [-0.39, 0.29) is 24.4 Å². The lowest BCUT2D eigenvalue weighted by molar-refractivity contribution is 0.0682. The predicted molar refractivity (Wildman–Crippen MR) is 72.9 cm³/mol. The summed E-state index contributed by atoms with van der Waals surface area (Å²) in [5.74, 6) is -0.346. The highest BCUT2D eigenvalue weighted by Crippen LogP contribution is 2.29. The standard InChI is InChI=1S/C14H14FNO2S/c15-10-4-3-9-6-13(19-12(9)7-10)14(18)16-5-1-2-11(16)8-17/h3-4,6-7,11,17H,1-2,5,8H2/t11-/m1/s1. The molecule has 0 bridgehead atoms. The number of fused-ring (bicyclic) bond motifs is 1. The quantitative estimate of drug-likeness (QED) is 0.918. The maximum absolute atomic E-state index is 13.1. The van der Waals surface area contributed by atoms with Crippen LogP contribution in [-0.4, -0.2) is 35.1 Å². The van der Waals surface area contributed by atoms with Gasteiger partial charge in [-0.3, -0.25) is 4.79 Å². The Labute approximate surface area is 114 Å². The first-order chi connectivity index (χ1) is 9.19. The van der Waals surface area contributed by atoms with Crippen molar-refractivity contribution >= 4 is 27.3 Å². The van der Waals surface area contributed by atoms with Crippen molar-refractivity contribution < 1.29 is 14.3 Å². The van der Waals surface area contributed by atoms with Gasteiger partial charge < -0.3 is 10.0 Å². The second-order valence-electron chi connectivity index (χ2n) is 4.77. The minimum absolute atomic E-state index is 0.00522. The monoisotopic (exact) mass is 279 g/mol. The average Bonchev–Trinajstić information content (AvgIpc) is 3.03. The number of amides is 1. The number of likely N-dealkylation sites (tertiary alicyclic amines) is 1. The minimum atomic E-state index is -0.289. The average molecular weight is 279 g/mol. The van der Waals surface area contributed by atoms with Crippen molar-refractivity contribution in [3.8, 4) is 0 Å². The molecular weight excluding hydrogens is 265 g/mol. The van der Waals surface area contributed by atoms with Gasteiger partial charge >= 0.3 is 0 Å². The van der Waals surface area contributed by atoms with E-state index in [1.165, 1.54) is 23.5 Å². The molecule has 3 rings (SSSR count). The zero-order valence-electron chi connectivity index (χ0n) is 10.3. The molecule has 100 valence electrons. The van der Waals surface area contributed by atoms with E-state index >= 15 is 0 Å². The lowest BCUT2D eigenvalue weighted by Crippen LogP contribution is -2.37. The largest absolute Gasteiger partial charge is 0.394 e. The lowest BCUT2D eigenvalue weighted by atomic mass is 10.2. The summed E-state index contributed by atoms with van der Waals surface area (Å²) < 4.78 is 13.9. The van der Waals surface area contributed by atoms with E-state index < -0.39 is 0 Å². The summed E-state index contributed by atoms with van der Waals surface area (Å²) in [4.78, 5) is 14.7. The third-order valence-corrected chi connectivity index (χ3v) is 4.63. The second kappa shape index (κ2) is 4.90. The van der Waals surface area contributed by atoms with Gasteiger partial charge in [-0.15, -0.1) is 11.3 Å². The fourth-order valence-corrected chi connectivity index (χ4v) is 3.59. The zero-order valence-corrected chi connectivity index (χ0v) is 11.1. The van der Waals surface area contributed by atoms with Crippen LogP contribution in [0.1, 0.15) is 22.5 Å². The van der Waals surface area contributed by atoms with Crippen LogP contribution in [0.3, 0.4) is 0 Å². The highest BCUT2D eigenvalue weighted by molar-refractivity contribution is 7.20. The Morgan fingerprint density at radius 2 is 2.32 bits per heavy atom. The SMILES string of the molecule is O=C(c1cc2ccc(F)cc2s1)N1CCC[C@@H]1CO. The molecule has 0 aliphatic carbocycles. The van der Waals surface area contributed by atoms with Crippen LogP contribution in [0.2, 0.25) is 0 Å². The summed E-state index contributed by atoms with van der Waals surface area (Å²) in [7, 11) is 0. The molecule has 0 unspecified atom stereocenters.